The maximum atomic E-state index is 14.5. The minimum atomic E-state index is -1.14. The molecule has 1 N–H and O–H groups in total. The van der Waals surface area contributed by atoms with Crippen molar-refractivity contribution < 1.29 is 9.59 Å². The van der Waals surface area contributed by atoms with E-state index in [-0.39, 0.29) is 29.3 Å². The van der Waals surface area contributed by atoms with Crippen LogP contribution < -0.4 is 15.8 Å². The number of aromatic nitrogens is 2. The van der Waals surface area contributed by atoms with Crippen molar-refractivity contribution in [3.8, 4) is 5.69 Å². The highest BCUT2D eigenvalue weighted by atomic mass is 35.5. The molecule has 4 heterocycles. The molecule has 3 aliphatic heterocycles. The zero-order chi connectivity index (χ0) is 27.2. The Hall–Kier alpha value is -3.81. The average Bonchev–Trinajstić information content (AvgIpc) is 3.48. The summed E-state index contributed by atoms with van der Waals surface area (Å²) in [7, 11) is 0. The predicted octanol–water partition coefficient (Wildman–Crippen LogP) is 4.73. The summed E-state index contributed by atoms with van der Waals surface area (Å²) in [5, 5.41) is 4.71. The molecule has 39 heavy (non-hydrogen) atoms. The number of aryl methyl sites for hydroxylation is 1. The first kappa shape index (κ1) is 24.2. The van der Waals surface area contributed by atoms with Gasteiger partial charge in [0.25, 0.3) is 5.56 Å². The monoisotopic (exact) mass is 538 g/mol. The van der Waals surface area contributed by atoms with E-state index in [0.29, 0.717) is 39.5 Å². The van der Waals surface area contributed by atoms with Crippen LogP contribution in [0.25, 0.3) is 16.6 Å². The van der Waals surface area contributed by atoms with Crippen LogP contribution in [0.1, 0.15) is 37.2 Å². The molecule has 196 valence electrons. The van der Waals surface area contributed by atoms with Crippen LogP contribution in [0, 0.1) is 24.7 Å². The Morgan fingerprint density at radius 1 is 0.974 bits per heavy atom. The van der Waals surface area contributed by atoms with E-state index in [4.69, 9.17) is 16.6 Å². The third kappa shape index (κ3) is 3.14. The van der Waals surface area contributed by atoms with E-state index in [9.17, 15) is 14.4 Å². The highest BCUT2D eigenvalue weighted by Crippen LogP contribution is 2.56. The fourth-order valence-electron chi connectivity index (χ4n) is 6.99. The van der Waals surface area contributed by atoms with Crippen LogP contribution in [-0.2, 0) is 15.1 Å². The number of hydrogen-bond donors (Lipinski definition) is 1. The standard InChI is InChI=1S/C31H27ClN4O3/c1-16(2)14-22-25-26(29(39)35(28(25)38)24-15-18(32)13-12-17(24)3)31(34-22)20-9-5-7-11-23(20)36-27(37)19-8-4-6-10-21(19)33-30(31)36/h4-13,15-16,22,25-26,34H,14H2,1-3H3/t22-,25+,26-,31-/m1/s1. The van der Waals surface area contributed by atoms with E-state index in [1.807, 2.05) is 55.5 Å². The lowest BCUT2D eigenvalue weighted by Gasteiger charge is -2.32. The normalized spacial score (nSPS) is 25.2. The lowest BCUT2D eigenvalue weighted by Crippen LogP contribution is -2.50. The van der Waals surface area contributed by atoms with Gasteiger partial charge in [-0.25, -0.2) is 9.88 Å². The molecule has 1 aromatic heterocycles. The van der Waals surface area contributed by atoms with Gasteiger partial charge in [-0.15, -0.1) is 0 Å². The fraction of sp³-hybridized carbons (Fsp3) is 0.290. The van der Waals surface area contributed by atoms with Gasteiger partial charge in [0.1, 0.15) is 11.4 Å². The molecule has 0 unspecified atom stereocenters. The number of benzene rings is 3. The summed E-state index contributed by atoms with van der Waals surface area (Å²) in [4.78, 5) is 49.0. The zero-order valence-electron chi connectivity index (χ0n) is 21.8. The minimum absolute atomic E-state index is 0.190. The molecule has 2 fully saturated rings. The molecule has 2 saturated heterocycles. The van der Waals surface area contributed by atoms with Crippen LogP contribution in [0.15, 0.2) is 71.5 Å². The first-order valence-electron chi connectivity index (χ1n) is 13.3. The van der Waals surface area contributed by atoms with Crippen LogP contribution >= 0.6 is 11.6 Å². The zero-order valence-corrected chi connectivity index (χ0v) is 22.6. The predicted molar refractivity (Wildman–Crippen MR) is 150 cm³/mol. The lowest BCUT2D eigenvalue weighted by molar-refractivity contribution is -0.123. The molecular formula is C31H27ClN4O3. The molecule has 7 nitrogen and oxygen atoms in total. The highest BCUT2D eigenvalue weighted by molar-refractivity contribution is 6.31. The summed E-state index contributed by atoms with van der Waals surface area (Å²) in [5.41, 5.74) is 1.99. The number of carbonyl (C=O) groups is 2. The maximum Gasteiger partial charge on any atom is 0.266 e. The summed E-state index contributed by atoms with van der Waals surface area (Å²) in [5.74, 6) is -1.23. The quantitative estimate of drug-likeness (QED) is 0.381. The Labute approximate surface area is 230 Å². The summed E-state index contributed by atoms with van der Waals surface area (Å²) in [6.45, 7) is 6.08. The first-order chi connectivity index (χ1) is 18.7. The van der Waals surface area contributed by atoms with E-state index < -0.39 is 17.4 Å². The number of imide groups is 1. The van der Waals surface area contributed by atoms with Crippen molar-refractivity contribution >= 4 is 40.0 Å². The molecule has 3 aromatic carbocycles. The van der Waals surface area contributed by atoms with Crippen molar-refractivity contribution in [3.05, 3.63) is 99.1 Å². The van der Waals surface area contributed by atoms with Gasteiger partial charge >= 0.3 is 0 Å². The summed E-state index contributed by atoms with van der Waals surface area (Å²) in [6, 6.07) is 19.8. The van der Waals surface area contributed by atoms with Crippen molar-refractivity contribution in [3.63, 3.8) is 0 Å². The highest BCUT2D eigenvalue weighted by Gasteiger charge is 2.69. The number of anilines is 1. The smallest absolute Gasteiger partial charge is 0.266 e. The van der Waals surface area contributed by atoms with Crippen LogP contribution in [0.2, 0.25) is 5.02 Å². The van der Waals surface area contributed by atoms with E-state index >= 15 is 0 Å². The Balaban J connectivity index is 1.53. The van der Waals surface area contributed by atoms with Crippen LogP contribution in [-0.4, -0.2) is 27.4 Å². The van der Waals surface area contributed by atoms with Crippen molar-refractivity contribution in [2.45, 2.75) is 38.8 Å². The van der Waals surface area contributed by atoms with Gasteiger partial charge in [-0.05, 0) is 55.2 Å². The lowest BCUT2D eigenvalue weighted by atomic mass is 9.75. The van der Waals surface area contributed by atoms with Gasteiger partial charge in [0.05, 0.1) is 34.1 Å². The Morgan fingerprint density at radius 3 is 2.51 bits per heavy atom. The van der Waals surface area contributed by atoms with E-state index in [1.165, 1.54) is 4.90 Å². The molecule has 3 aliphatic rings. The van der Waals surface area contributed by atoms with E-state index in [1.54, 1.807) is 22.8 Å². The number of para-hydroxylation sites is 2. The van der Waals surface area contributed by atoms with Gasteiger partial charge in [0.2, 0.25) is 11.8 Å². The number of carbonyl (C=O) groups excluding carboxylic acids is 2. The van der Waals surface area contributed by atoms with E-state index in [2.05, 4.69) is 19.2 Å². The number of nitrogens with one attached hydrogen (secondary N) is 1. The van der Waals surface area contributed by atoms with Crippen molar-refractivity contribution in [2.24, 2.45) is 17.8 Å². The molecule has 0 bridgehead atoms. The van der Waals surface area contributed by atoms with Gasteiger partial charge in [0.15, 0.2) is 0 Å². The topological polar surface area (TPSA) is 84.3 Å². The molecule has 7 rings (SSSR count). The third-order valence-electron chi connectivity index (χ3n) is 8.50. The molecule has 2 amide bonds. The number of fused-ring (bicyclic) bond motifs is 8. The minimum Gasteiger partial charge on any atom is -0.297 e. The van der Waals surface area contributed by atoms with Crippen LogP contribution in [0.3, 0.4) is 0 Å². The fourth-order valence-corrected chi connectivity index (χ4v) is 7.16. The summed E-state index contributed by atoms with van der Waals surface area (Å²) < 4.78 is 1.63. The van der Waals surface area contributed by atoms with Crippen molar-refractivity contribution in [1.29, 1.82) is 0 Å². The summed E-state index contributed by atoms with van der Waals surface area (Å²) >= 11 is 6.33. The largest absolute Gasteiger partial charge is 0.297 e. The number of amides is 2. The Bertz CT molecular complexity index is 1780. The van der Waals surface area contributed by atoms with Crippen molar-refractivity contribution in [2.75, 3.05) is 4.90 Å². The average molecular weight is 539 g/mol. The first-order valence-corrected chi connectivity index (χ1v) is 13.7. The Morgan fingerprint density at radius 2 is 1.72 bits per heavy atom. The number of hydrogen-bond acceptors (Lipinski definition) is 5. The van der Waals surface area contributed by atoms with Gasteiger partial charge in [0, 0.05) is 16.6 Å². The Kier molecular flexibility index (Phi) is 5.19. The second kappa shape index (κ2) is 8.34. The second-order valence-electron chi connectivity index (χ2n) is 11.2. The van der Waals surface area contributed by atoms with Gasteiger partial charge in [-0.1, -0.05) is 61.8 Å². The van der Waals surface area contributed by atoms with Gasteiger partial charge in [-0.2, -0.15) is 0 Å². The van der Waals surface area contributed by atoms with Gasteiger partial charge < -0.3 is 0 Å². The molecule has 0 saturated carbocycles. The molecule has 4 aromatic rings. The molecule has 8 heteroatoms. The van der Waals surface area contributed by atoms with Crippen LogP contribution in [0.5, 0.6) is 0 Å². The molecule has 1 spiro atoms. The second-order valence-corrected chi connectivity index (χ2v) is 11.7. The summed E-state index contributed by atoms with van der Waals surface area (Å²) in [6.07, 6.45) is 0.685. The van der Waals surface area contributed by atoms with Gasteiger partial charge in [-0.3, -0.25) is 24.3 Å². The molecule has 0 aliphatic carbocycles. The van der Waals surface area contributed by atoms with Crippen LogP contribution in [0.4, 0.5) is 5.69 Å². The third-order valence-corrected chi connectivity index (χ3v) is 8.73. The molecule has 4 atom stereocenters. The number of halogens is 1. The SMILES string of the molecule is Cc1ccc(Cl)cc1N1C(=O)[C@H]2[C@@H](CC(C)C)N[C@]3(c4ccccc4-n4c3nc3ccccc3c4=O)[C@H]2C1=O. The number of rotatable bonds is 3. The maximum absolute atomic E-state index is 14.5. The molecule has 0 radical (unpaired) electrons. The number of nitrogens with zero attached hydrogens (tertiary/aromatic N) is 3. The van der Waals surface area contributed by atoms with E-state index in [0.717, 1.165) is 11.1 Å². The van der Waals surface area contributed by atoms with Crippen molar-refractivity contribution in [1.82, 2.24) is 14.9 Å². The molecular weight excluding hydrogens is 512 g/mol.